The Bertz CT molecular complexity index is 756. The van der Waals surface area contributed by atoms with Crippen LogP contribution in [-0.2, 0) is 19.7 Å². The minimum absolute atomic E-state index is 0.194. The molecule has 27 heavy (non-hydrogen) atoms. The molecule has 1 fully saturated rings. The minimum atomic E-state index is -0.610. The van der Waals surface area contributed by atoms with Gasteiger partial charge in [-0.1, -0.05) is 60.7 Å². The number of ether oxygens (including phenoxy) is 1. The Morgan fingerprint density at radius 1 is 0.963 bits per heavy atom. The van der Waals surface area contributed by atoms with Gasteiger partial charge in [0, 0.05) is 25.2 Å². The summed E-state index contributed by atoms with van der Waals surface area (Å²) in [6.07, 6.45) is 1.64. The van der Waals surface area contributed by atoms with Crippen molar-refractivity contribution in [1.29, 1.82) is 0 Å². The van der Waals surface area contributed by atoms with E-state index in [1.165, 1.54) is 5.56 Å². The molecule has 1 aliphatic rings. The van der Waals surface area contributed by atoms with Crippen molar-refractivity contribution in [3.8, 4) is 0 Å². The van der Waals surface area contributed by atoms with Crippen molar-refractivity contribution in [3.05, 3.63) is 71.8 Å². The molecule has 2 aromatic rings. The van der Waals surface area contributed by atoms with Gasteiger partial charge in [-0.05, 0) is 30.9 Å². The minimum Gasteiger partial charge on any atom is -0.381 e. The van der Waals surface area contributed by atoms with E-state index in [9.17, 15) is 9.59 Å². The summed E-state index contributed by atoms with van der Waals surface area (Å²) in [5.74, 6) is -1.21. The summed E-state index contributed by atoms with van der Waals surface area (Å²) in [7, 11) is 0. The second kappa shape index (κ2) is 8.82. The van der Waals surface area contributed by atoms with E-state index in [0.717, 1.165) is 18.4 Å². The fourth-order valence-electron chi connectivity index (χ4n) is 3.54. The lowest BCUT2D eigenvalue weighted by Gasteiger charge is -2.37. The molecule has 0 aromatic heterocycles. The zero-order valence-electron chi connectivity index (χ0n) is 15.6. The van der Waals surface area contributed by atoms with Crippen LogP contribution >= 0.6 is 0 Å². The Morgan fingerprint density at radius 3 is 2.19 bits per heavy atom. The van der Waals surface area contributed by atoms with Gasteiger partial charge in [0.1, 0.15) is 0 Å². The Labute approximate surface area is 160 Å². The predicted octanol–water partition coefficient (Wildman–Crippen LogP) is 2.73. The van der Waals surface area contributed by atoms with E-state index >= 15 is 0 Å². The highest BCUT2D eigenvalue weighted by Gasteiger charge is 2.35. The number of carbonyl (C=O) groups is 2. The molecule has 0 radical (unpaired) electrons. The first kappa shape index (κ1) is 19.1. The van der Waals surface area contributed by atoms with Gasteiger partial charge in [-0.15, -0.1) is 0 Å². The quantitative estimate of drug-likeness (QED) is 0.800. The monoisotopic (exact) mass is 366 g/mol. The van der Waals surface area contributed by atoms with Crippen molar-refractivity contribution in [2.45, 2.75) is 31.2 Å². The Morgan fingerprint density at radius 2 is 1.56 bits per heavy atom. The zero-order chi connectivity index (χ0) is 19.1. The third kappa shape index (κ3) is 4.74. The van der Waals surface area contributed by atoms with E-state index in [4.69, 9.17) is 4.74 Å². The standard InChI is InChI=1S/C22H26N2O3/c1-17(18-8-4-2-5-9-18)24-21(26)20(25)23-16-22(12-14-27-15-13-22)19-10-6-3-7-11-19/h2-11,17H,12-16H2,1H3,(H,23,25)(H,24,26). The third-order valence-electron chi connectivity index (χ3n) is 5.28. The van der Waals surface area contributed by atoms with Crippen molar-refractivity contribution in [2.24, 2.45) is 0 Å². The third-order valence-corrected chi connectivity index (χ3v) is 5.28. The first-order valence-electron chi connectivity index (χ1n) is 9.38. The summed E-state index contributed by atoms with van der Waals surface area (Å²) in [4.78, 5) is 24.7. The fourth-order valence-corrected chi connectivity index (χ4v) is 3.54. The van der Waals surface area contributed by atoms with Crippen LogP contribution in [0.1, 0.15) is 36.9 Å². The van der Waals surface area contributed by atoms with Gasteiger partial charge in [0.05, 0.1) is 6.04 Å². The number of nitrogens with one attached hydrogen (secondary N) is 2. The molecule has 2 aromatic carbocycles. The molecule has 1 heterocycles. The van der Waals surface area contributed by atoms with Crippen molar-refractivity contribution in [3.63, 3.8) is 0 Å². The molecule has 1 atom stereocenters. The van der Waals surface area contributed by atoms with Crippen LogP contribution in [0.25, 0.3) is 0 Å². The zero-order valence-corrected chi connectivity index (χ0v) is 15.6. The molecule has 2 N–H and O–H groups in total. The first-order chi connectivity index (χ1) is 13.1. The fraction of sp³-hybridized carbons (Fsp3) is 0.364. The molecule has 0 aliphatic carbocycles. The highest BCUT2D eigenvalue weighted by molar-refractivity contribution is 6.35. The Hall–Kier alpha value is -2.66. The largest absolute Gasteiger partial charge is 0.381 e. The van der Waals surface area contributed by atoms with E-state index in [2.05, 4.69) is 22.8 Å². The molecule has 1 aliphatic heterocycles. The van der Waals surface area contributed by atoms with E-state index in [1.807, 2.05) is 55.5 Å². The molecule has 5 nitrogen and oxygen atoms in total. The molecular formula is C22H26N2O3. The van der Waals surface area contributed by atoms with E-state index in [-0.39, 0.29) is 11.5 Å². The van der Waals surface area contributed by atoms with Crippen LogP contribution in [0.2, 0.25) is 0 Å². The summed E-state index contributed by atoms with van der Waals surface area (Å²) in [5.41, 5.74) is 1.94. The van der Waals surface area contributed by atoms with Crippen LogP contribution in [0.15, 0.2) is 60.7 Å². The molecule has 142 valence electrons. The van der Waals surface area contributed by atoms with Crippen LogP contribution in [0.4, 0.5) is 0 Å². The Kier molecular flexibility index (Phi) is 6.24. The van der Waals surface area contributed by atoms with Gasteiger partial charge in [0.15, 0.2) is 0 Å². The molecule has 0 saturated carbocycles. The second-order valence-electron chi connectivity index (χ2n) is 7.05. The summed E-state index contributed by atoms with van der Waals surface area (Å²) in [6, 6.07) is 19.5. The molecular weight excluding hydrogens is 340 g/mol. The van der Waals surface area contributed by atoms with Crippen LogP contribution in [0, 0.1) is 0 Å². The van der Waals surface area contributed by atoms with Gasteiger partial charge in [0.2, 0.25) is 0 Å². The number of carbonyl (C=O) groups excluding carboxylic acids is 2. The smallest absolute Gasteiger partial charge is 0.309 e. The summed E-state index contributed by atoms with van der Waals surface area (Å²) in [5, 5.41) is 5.60. The topological polar surface area (TPSA) is 67.4 Å². The van der Waals surface area contributed by atoms with Gasteiger partial charge in [0.25, 0.3) is 0 Å². The highest BCUT2D eigenvalue weighted by Crippen LogP contribution is 2.34. The lowest BCUT2D eigenvalue weighted by Crippen LogP contribution is -2.48. The molecule has 1 unspecified atom stereocenters. The SMILES string of the molecule is CC(NC(=O)C(=O)NCC1(c2ccccc2)CCOCC1)c1ccccc1. The van der Waals surface area contributed by atoms with Crippen molar-refractivity contribution >= 4 is 11.8 Å². The average Bonchev–Trinajstić information content (AvgIpc) is 2.74. The summed E-state index contributed by atoms with van der Waals surface area (Å²) < 4.78 is 5.51. The van der Waals surface area contributed by atoms with Gasteiger partial charge in [-0.25, -0.2) is 0 Å². The molecule has 5 heteroatoms. The number of amides is 2. The van der Waals surface area contributed by atoms with Crippen molar-refractivity contribution in [2.75, 3.05) is 19.8 Å². The van der Waals surface area contributed by atoms with Gasteiger partial charge in [-0.2, -0.15) is 0 Å². The van der Waals surface area contributed by atoms with Gasteiger partial charge < -0.3 is 15.4 Å². The van der Waals surface area contributed by atoms with Crippen molar-refractivity contribution < 1.29 is 14.3 Å². The number of rotatable bonds is 5. The maximum atomic E-state index is 12.4. The summed E-state index contributed by atoms with van der Waals surface area (Å²) in [6.45, 7) is 3.60. The van der Waals surface area contributed by atoms with Gasteiger partial charge in [-0.3, -0.25) is 9.59 Å². The molecule has 3 rings (SSSR count). The lowest BCUT2D eigenvalue weighted by molar-refractivity contribution is -0.139. The first-order valence-corrected chi connectivity index (χ1v) is 9.38. The Balaban J connectivity index is 1.61. The van der Waals surface area contributed by atoms with E-state index in [0.29, 0.717) is 19.8 Å². The van der Waals surface area contributed by atoms with Crippen LogP contribution in [-0.4, -0.2) is 31.6 Å². The number of hydrogen-bond acceptors (Lipinski definition) is 3. The maximum absolute atomic E-state index is 12.4. The van der Waals surface area contributed by atoms with Gasteiger partial charge >= 0.3 is 11.8 Å². The second-order valence-corrected chi connectivity index (χ2v) is 7.05. The molecule has 0 spiro atoms. The van der Waals surface area contributed by atoms with Crippen LogP contribution < -0.4 is 10.6 Å². The number of hydrogen-bond donors (Lipinski definition) is 2. The predicted molar refractivity (Wildman–Crippen MR) is 104 cm³/mol. The summed E-state index contributed by atoms with van der Waals surface area (Å²) >= 11 is 0. The van der Waals surface area contributed by atoms with E-state index in [1.54, 1.807) is 0 Å². The lowest BCUT2D eigenvalue weighted by atomic mass is 9.74. The maximum Gasteiger partial charge on any atom is 0.309 e. The van der Waals surface area contributed by atoms with E-state index < -0.39 is 11.8 Å². The molecule has 0 bridgehead atoms. The normalized spacial score (nSPS) is 16.9. The van der Waals surface area contributed by atoms with Crippen molar-refractivity contribution in [1.82, 2.24) is 10.6 Å². The van der Waals surface area contributed by atoms with Crippen LogP contribution in [0.5, 0.6) is 0 Å². The number of benzene rings is 2. The van der Waals surface area contributed by atoms with Crippen LogP contribution in [0.3, 0.4) is 0 Å². The molecule has 1 saturated heterocycles. The highest BCUT2D eigenvalue weighted by atomic mass is 16.5. The average molecular weight is 366 g/mol. The molecule has 2 amide bonds.